The van der Waals surface area contributed by atoms with Crippen molar-refractivity contribution in [3.8, 4) is 0 Å². The second-order valence-electron chi connectivity index (χ2n) is 11.1. The quantitative estimate of drug-likeness (QED) is 0.265. The molecule has 1 heterocycles. The van der Waals surface area contributed by atoms with Crippen molar-refractivity contribution in [2.75, 3.05) is 6.54 Å². The van der Waals surface area contributed by atoms with Crippen LogP contribution in [0.5, 0.6) is 0 Å². The maximum absolute atomic E-state index is 13.4. The molecule has 4 amide bonds. The normalized spacial score (nSPS) is 19.7. The van der Waals surface area contributed by atoms with Crippen LogP contribution < -0.4 is 21.3 Å². The fraction of sp³-hybridized carbons (Fsp3) is 0.621. The number of alkyl carbamates (subject to hydrolysis) is 1. The van der Waals surface area contributed by atoms with E-state index < -0.39 is 36.0 Å². The molecule has 1 unspecified atom stereocenters. The predicted octanol–water partition coefficient (Wildman–Crippen LogP) is 3.26. The lowest BCUT2D eigenvalue weighted by molar-refractivity contribution is -0.132. The molecule has 1 aromatic carbocycles. The Bertz CT molecular complexity index is 1050. The van der Waals surface area contributed by atoms with Gasteiger partial charge in [0, 0.05) is 17.5 Å². The molecule has 1 aliphatic heterocycles. The maximum atomic E-state index is 13.4. The minimum Gasteiger partial charge on any atom is -0.445 e. The fourth-order valence-electron chi connectivity index (χ4n) is 5.34. The molecule has 3 rings (SSSR count). The summed E-state index contributed by atoms with van der Waals surface area (Å²) in [5.74, 6) is -1.48. The van der Waals surface area contributed by atoms with Gasteiger partial charge < -0.3 is 30.8 Å². The van der Waals surface area contributed by atoms with Gasteiger partial charge in [-0.05, 0) is 48.8 Å². The maximum Gasteiger partial charge on any atom is 0.408 e. The molecule has 1 saturated carbocycles. The number of hydrogen-bond donors (Lipinski definition) is 4. The molecule has 4 atom stereocenters. The van der Waals surface area contributed by atoms with Gasteiger partial charge in [0.25, 0.3) is 0 Å². The van der Waals surface area contributed by atoms with Gasteiger partial charge in [0.1, 0.15) is 25.0 Å². The molecule has 2 fully saturated rings. The number of carbonyl (C=O) groups excluding carboxylic acids is 5. The molecular weight excluding hydrogens is 536 g/mol. The molecule has 10 nitrogen and oxygen atoms in total. The number of rotatable bonds is 13. The standard InChI is InChI=1S/C29H41ClN4O6/c1-18(2)25(34-29(39)40-17-20-9-6-10-22(30)13-20)28(38)33-24(14-19-7-4-3-5-8-19)27(37)32-23(16-35)15-21-11-12-31-26(21)36/h6,9-10,13,16,18-19,21,23-25H,3-5,7-8,11-12,14-15,17H2,1-2H3,(H,31,36)(H,32,37)(H,33,38)(H,34,39)/t21-,23-,24-,25?/m0/s1. The summed E-state index contributed by atoms with van der Waals surface area (Å²) < 4.78 is 5.29. The van der Waals surface area contributed by atoms with Crippen molar-refractivity contribution in [1.82, 2.24) is 21.3 Å². The molecule has 0 spiro atoms. The van der Waals surface area contributed by atoms with E-state index in [-0.39, 0.29) is 36.7 Å². The molecule has 1 aromatic rings. The zero-order valence-electron chi connectivity index (χ0n) is 23.2. The number of halogens is 1. The predicted molar refractivity (Wildman–Crippen MR) is 150 cm³/mol. The second-order valence-corrected chi connectivity index (χ2v) is 11.6. The first kappa shape index (κ1) is 31.4. The SMILES string of the molecule is CC(C)C(NC(=O)OCc1cccc(Cl)c1)C(=O)N[C@@H](CC1CCCCC1)C(=O)N[C@H](C=O)C[C@@H]1CCNC1=O. The van der Waals surface area contributed by atoms with Gasteiger partial charge in [0.2, 0.25) is 17.7 Å². The van der Waals surface area contributed by atoms with Gasteiger partial charge in [-0.25, -0.2) is 4.79 Å². The second kappa shape index (κ2) is 15.6. The van der Waals surface area contributed by atoms with Crippen molar-refractivity contribution in [2.24, 2.45) is 17.8 Å². The van der Waals surface area contributed by atoms with E-state index in [1.807, 2.05) is 0 Å². The van der Waals surface area contributed by atoms with Crippen molar-refractivity contribution in [3.05, 3.63) is 34.9 Å². The van der Waals surface area contributed by atoms with Crippen LogP contribution in [0.2, 0.25) is 5.02 Å². The molecule has 11 heteroatoms. The molecule has 4 N–H and O–H groups in total. The minimum absolute atomic E-state index is 0.0162. The Hall–Kier alpha value is -3.14. The smallest absolute Gasteiger partial charge is 0.408 e. The number of ether oxygens (including phenoxy) is 1. The number of amides is 4. The van der Waals surface area contributed by atoms with E-state index in [4.69, 9.17) is 16.3 Å². The molecule has 0 aromatic heterocycles. The Morgan fingerprint density at radius 1 is 1.05 bits per heavy atom. The van der Waals surface area contributed by atoms with Crippen LogP contribution in [0, 0.1) is 17.8 Å². The monoisotopic (exact) mass is 576 g/mol. The van der Waals surface area contributed by atoms with E-state index in [1.54, 1.807) is 38.1 Å². The van der Waals surface area contributed by atoms with Crippen molar-refractivity contribution in [1.29, 1.82) is 0 Å². The van der Waals surface area contributed by atoms with Crippen LogP contribution in [0.1, 0.15) is 70.8 Å². The Balaban J connectivity index is 1.64. The number of carbonyl (C=O) groups is 5. The molecule has 0 bridgehead atoms. The van der Waals surface area contributed by atoms with Gasteiger partial charge >= 0.3 is 6.09 Å². The summed E-state index contributed by atoms with van der Waals surface area (Å²) in [6, 6.07) is 4.24. The summed E-state index contributed by atoms with van der Waals surface area (Å²) in [6.45, 7) is 4.10. The molecule has 1 aliphatic carbocycles. The van der Waals surface area contributed by atoms with Gasteiger partial charge in [-0.15, -0.1) is 0 Å². The van der Waals surface area contributed by atoms with Crippen molar-refractivity contribution >= 4 is 41.7 Å². The first-order chi connectivity index (χ1) is 19.2. The van der Waals surface area contributed by atoms with Crippen LogP contribution in [0.15, 0.2) is 24.3 Å². The van der Waals surface area contributed by atoms with E-state index in [2.05, 4.69) is 21.3 Å². The average Bonchev–Trinajstić information content (AvgIpc) is 3.34. The topological polar surface area (TPSA) is 143 Å². The highest BCUT2D eigenvalue weighted by atomic mass is 35.5. The summed E-state index contributed by atoms with van der Waals surface area (Å²) in [5.41, 5.74) is 0.706. The Morgan fingerprint density at radius 2 is 1.80 bits per heavy atom. The first-order valence-corrected chi connectivity index (χ1v) is 14.6. The molecule has 0 radical (unpaired) electrons. The lowest BCUT2D eigenvalue weighted by Crippen LogP contribution is -2.57. The van der Waals surface area contributed by atoms with Crippen LogP contribution in [0.3, 0.4) is 0 Å². The zero-order chi connectivity index (χ0) is 29.1. The van der Waals surface area contributed by atoms with Crippen LogP contribution in [-0.2, 0) is 30.5 Å². The Kier molecular flexibility index (Phi) is 12.2. The largest absolute Gasteiger partial charge is 0.445 e. The number of hydrogen-bond acceptors (Lipinski definition) is 6. The van der Waals surface area contributed by atoms with Gasteiger partial charge in [-0.3, -0.25) is 14.4 Å². The number of aldehydes is 1. The summed E-state index contributed by atoms with van der Waals surface area (Å²) in [7, 11) is 0. The molecular formula is C29H41ClN4O6. The van der Waals surface area contributed by atoms with Crippen molar-refractivity contribution in [3.63, 3.8) is 0 Å². The number of nitrogens with one attached hydrogen (secondary N) is 4. The van der Waals surface area contributed by atoms with Crippen LogP contribution in [0.4, 0.5) is 4.79 Å². The third-order valence-electron chi connectivity index (χ3n) is 7.60. The van der Waals surface area contributed by atoms with Gasteiger partial charge in [0.05, 0.1) is 6.04 Å². The lowest BCUT2D eigenvalue weighted by atomic mass is 9.84. The Morgan fingerprint density at radius 3 is 2.42 bits per heavy atom. The van der Waals surface area contributed by atoms with Crippen LogP contribution in [0.25, 0.3) is 0 Å². The third kappa shape index (κ3) is 9.80. The Labute approximate surface area is 240 Å². The highest BCUT2D eigenvalue weighted by Gasteiger charge is 2.33. The van der Waals surface area contributed by atoms with Gasteiger partial charge in [-0.2, -0.15) is 0 Å². The van der Waals surface area contributed by atoms with E-state index in [0.717, 1.165) is 32.1 Å². The highest BCUT2D eigenvalue weighted by Crippen LogP contribution is 2.27. The minimum atomic E-state index is -0.947. The number of benzene rings is 1. The van der Waals surface area contributed by atoms with Crippen molar-refractivity contribution in [2.45, 2.75) is 89.9 Å². The van der Waals surface area contributed by atoms with Crippen molar-refractivity contribution < 1.29 is 28.7 Å². The summed E-state index contributed by atoms with van der Waals surface area (Å²) >= 11 is 5.98. The molecule has 220 valence electrons. The fourth-order valence-corrected chi connectivity index (χ4v) is 5.55. The summed E-state index contributed by atoms with van der Waals surface area (Å²) in [6.07, 6.45) is 6.31. The van der Waals surface area contributed by atoms with Gasteiger partial charge in [0.15, 0.2) is 0 Å². The lowest BCUT2D eigenvalue weighted by Gasteiger charge is -2.29. The van der Waals surface area contributed by atoms with E-state index >= 15 is 0 Å². The van der Waals surface area contributed by atoms with Crippen LogP contribution >= 0.6 is 11.6 Å². The van der Waals surface area contributed by atoms with Gasteiger partial charge in [-0.1, -0.05) is 69.7 Å². The molecule has 2 aliphatic rings. The average molecular weight is 577 g/mol. The summed E-state index contributed by atoms with van der Waals surface area (Å²) in [5, 5.41) is 11.4. The molecule has 1 saturated heterocycles. The van der Waals surface area contributed by atoms with E-state index in [0.29, 0.717) is 36.3 Å². The van der Waals surface area contributed by atoms with Crippen LogP contribution in [-0.4, -0.2) is 54.8 Å². The summed E-state index contributed by atoms with van der Waals surface area (Å²) in [4.78, 5) is 63.0. The van der Waals surface area contributed by atoms with E-state index in [9.17, 15) is 24.0 Å². The first-order valence-electron chi connectivity index (χ1n) is 14.2. The van der Waals surface area contributed by atoms with E-state index in [1.165, 1.54) is 0 Å². The third-order valence-corrected chi connectivity index (χ3v) is 7.84. The zero-order valence-corrected chi connectivity index (χ0v) is 24.0. The molecule has 40 heavy (non-hydrogen) atoms. The highest BCUT2D eigenvalue weighted by molar-refractivity contribution is 6.30.